The van der Waals surface area contributed by atoms with Gasteiger partial charge in [0.15, 0.2) is 6.10 Å². The Kier molecular flexibility index (Phi) is 6.25. The standard InChI is InChI=1S/C18H28N2O2/c1-4-10-19-11-13-20(14-12-19)18(21)17(5-2)22-16-8-6-15(3)7-9-16/h6-9,17H,4-5,10-14H2,1-3H3/t17-/m0/s1. The zero-order valence-electron chi connectivity index (χ0n) is 14.0. The van der Waals surface area contributed by atoms with E-state index in [0.717, 1.165) is 38.5 Å². The number of amides is 1. The van der Waals surface area contributed by atoms with Crippen LogP contribution in [-0.4, -0.2) is 54.5 Å². The lowest BCUT2D eigenvalue weighted by Crippen LogP contribution is -2.52. The Labute approximate surface area is 134 Å². The fourth-order valence-corrected chi connectivity index (χ4v) is 2.80. The summed E-state index contributed by atoms with van der Waals surface area (Å²) in [5.41, 5.74) is 1.19. The van der Waals surface area contributed by atoms with E-state index in [4.69, 9.17) is 4.74 Å². The zero-order valence-corrected chi connectivity index (χ0v) is 14.0. The molecule has 1 amide bonds. The van der Waals surface area contributed by atoms with E-state index in [9.17, 15) is 4.79 Å². The Morgan fingerprint density at radius 2 is 1.77 bits per heavy atom. The van der Waals surface area contributed by atoms with Gasteiger partial charge >= 0.3 is 0 Å². The van der Waals surface area contributed by atoms with E-state index in [2.05, 4.69) is 11.8 Å². The van der Waals surface area contributed by atoms with Gasteiger partial charge in [0.1, 0.15) is 5.75 Å². The largest absolute Gasteiger partial charge is 0.481 e. The molecule has 1 fully saturated rings. The molecule has 0 aromatic heterocycles. The molecule has 4 heteroatoms. The molecular formula is C18H28N2O2. The predicted molar refractivity (Wildman–Crippen MR) is 89.2 cm³/mol. The number of piperazine rings is 1. The van der Waals surface area contributed by atoms with Crippen LogP contribution >= 0.6 is 0 Å². The second-order valence-corrected chi connectivity index (χ2v) is 5.99. The number of benzene rings is 1. The smallest absolute Gasteiger partial charge is 0.263 e. The maximum atomic E-state index is 12.6. The van der Waals surface area contributed by atoms with Crippen LogP contribution in [0.1, 0.15) is 32.3 Å². The van der Waals surface area contributed by atoms with Gasteiger partial charge in [0, 0.05) is 26.2 Å². The number of hydrogen-bond donors (Lipinski definition) is 0. The van der Waals surface area contributed by atoms with Gasteiger partial charge < -0.3 is 9.64 Å². The number of aryl methyl sites for hydroxylation is 1. The first-order valence-corrected chi connectivity index (χ1v) is 8.38. The number of rotatable bonds is 6. The Balaban J connectivity index is 1.90. The van der Waals surface area contributed by atoms with E-state index >= 15 is 0 Å². The second kappa shape index (κ2) is 8.18. The van der Waals surface area contributed by atoms with Crippen LogP contribution in [-0.2, 0) is 4.79 Å². The average Bonchev–Trinajstić information content (AvgIpc) is 2.55. The van der Waals surface area contributed by atoms with Gasteiger partial charge in [-0.1, -0.05) is 31.5 Å². The van der Waals surface area contributed by atoms with Crippen molar-refractivity contribution >= 4 is 5.91 Å². The van der Waals surface area contributed by atoms with E-state index in [1.54, 1.807) is 0 Å². The van der Waals surface area contributed by atoms with Crippen LogP contribution in [0, 0.1) is 6.92 Å². The van der Waals surface area contributed by atoms with Crippen molar-refractivity contribution in [3.63, 3.8) is 0 Å². The van der Waals surface area contributed by atoms with E-state index in [-0.39, 0.29) is 12.0 Å². The molecule has 1 atom stereocenters. The molecule has 1 heterocycles. The minimum Gasteiger partial charge on any atom is -0.481 e. The summed E-state index contributed by atoms with van der Waals surface area (Å²) in [5, 5.41) is 0. The van der Waals surface area contributed by atoms with Crippen molar-refractivity contribution in [2.24, 2.45) is 0 Å². The molecule has 1 aromatic carbocycles. The number of carbonyl (C=O) groups excluding carboxylic acids is 1. The highest BCUT2D eigenvalue weighted by Gasteiger charge is 2.27. The molecule has 0 saturated carbocycles. The third-order valence-electron chi connectivity index (χ3n) is 4.17. The molecule has 0 bridgehead atoms. The molecule has 0 aliphatic carbocycles. The first kappa shape index (κ1) is 16.8. The minimum atomic E-state index is -0.375. The fraction of sp³-hybridized carbons (Fsp3) is 0.611. The third kappa shape index (κ3) is 4.47. The van der Waals surface area contributed by atoms with E-state index < -0.39 is 0 Å². The molecule has 0 N–H and O–H groups in total. The summed E-state index contributed by atoms with van der Waals surface area (Å²) < 4.78 is 5.90. The number of hydrogen-bond acceptors (Lipinski definition) is 3. The van der Waals surface area contributed by atoms with E-state index in [1.807, 2.05) is 43.0 Å². The lowest BCUT2D eigenvalue weighted by molar-refractivity contribution is -0.140. The van der Waals surface area contributed by atoms with Crippen molar-refractivity contribution in [2.75, 3.05) is 32.7 Å². The van der Waals surface area contributed by atoms with Crippen LogP contribution in [0.3, 0.4) is 0 Å². The molecule has 1 aliphatic rings. The topological polar surface area (TPSA) is 32.8 Å². The van der Waals surface area contributed by atoms with Crippen LogP contribution in [0.4, 0.5) is 0 Å². The molecule has 1 saturated heterocycles. The van der Waals surface area contributed by atoms with Crippen molar-refractivity contribution in [3.8, 4) is 5.75 Å². The van der Waals surface area contributed by atoms with Gasteiger partial charge in [-0.15, -0.1) is 0 Å². The zero-order chi connectivity index (χ0) is 15.9. The Bertz CT molecular complexity index is 464. The van der Waals surface area contributed by atoms with Gasteiger partial charge in [-0.25, -0.2) is 0 Å². The van der Waals surface area contributed by atoms with Gasteiger partial charge in [0.05, 0.1) is 0 Å². The second-order valence-electron chi connectivity index (χ2n) is 5.99. The molecule has 0 spiro atoms. The average molecular weight is 304 g/mol. The summed E-state index contributed by atoms with van der Waals surface area (Å²) in [6, 6.07) is 7.89. The van der Waals surface area contributed by atoms with Crippen molar-refractivity contribution < 1.29 is 9.53 Å². The van der Waals surface area contributed by atoms with Gasteiger partial charge in [-0.3, -0.25) is 9.69 Å². The van der Waals surface area contributed by atoms with Crippen LogP contribution in [0.2, 0.25) is 0 Å². The maximum absolute atomic E-state index is 12.6. The molecule has 1 aliphatic heterocycles. The fourth-order valence-electron chi connectivity index (χ4n) is 2.80. The first-order chi connectivity index (χ1) is 10.6. The first-order valence-electron chi connectivity index (χ1n) is 8.38. The third-order valence-corrected chi connectivity index (χ3v) is 4.17. The highest BCUT2D eigenvalue weighted by atomic mass is 16.5. The minimum absolute atomic E-state index is 0.124. The Morgan fingerprint density at radius 1 is 1.14 bits per heavy atom. The summed E-state index contributed by atoms with van der Waals surface area (Å²) in [6.45, 7) is 10.9. The highest BCUT2D eigenvalue weighted by Crippen LogP contribution is 2.16. The van der Waals surface area contributed by atoms with E-state index in [0.29, 0.717) is 6.42 Å². The summed E-state index contributed by atoms with van der Waals surface area (Å²) in [6.07, 6.45) is 1.49. The van der Waals surface area contributed by atoms with Gasteiger partial charge in [0.25, 0.3) is 5.91 Å². The lowest BCUT2D eigenvalue weighted by Gasteiger charge is -2.36. The van der Waals surface area contributed by atoms with Crippen LogP contribution in [0.25, 0.3) is 0 Å². The van der Waals surface area contributed by atoms with Crippen LogP contribution in [0.5, 0.6) is 5.75 Å². The molecular weight excluding hydrogens is 276 g/mol. The monoisotopic (exact) mass is 304 g/mol. The number of carbonyl (C=O) groups is 1. The summed E-state index contributed by atoms with van der Waals surface area (Å²) in [7, 11) is 0. The summed E-state index contributed by atoms with van der Waals surface area (Å²) >= 11 is 0. The Morgan fingerprint density at radius 3 is 2.32 bits per heavy atom. The molecule has 0 unspecified atom stereocenters. The maximum Gasteiger partial charge on any atom is 0.263 e. The molecule has 0 radical (unpaired) electrons. The van der Waals surface area contributed by atoms with Gasteiger partial charge in [0.2, 0.25) is 0 Å². The quantitative estimate of drug-likeness (QED) is 0.810. The van der Waals surface area contributed by atoms with Crippen LogP contribution in [0.15, 0.2) is 24.3 Å². The highest BCUT2D eigenvalue weighted by molar-refractivity contribution is 5.81. The molecule has 4 nitrogen and oxygen atoms in total. The summed E-state index contributed by atoms with van der Waals surface area (Å²) in [5.74, 6) is 0.898. The SMILES string of the molecule is CCCN1CCN(C(=O)[C@H](CC)Oc2ccc(C)cc2)CC1. The molecule has 2 rings (SSSR count). The predicted octanol–water partition coefficient (Wildman–Crippen LogP) is 2.71. The summed E-state index contributed by atoms with van der Waals surface area (Å²) in [4.78, 5) is 17.0. The van der Waals surface area contributed by atoms with Gasteiger partial charge in [-0.2, -0.15) is 0 Å². The van der Waals surface area contributed by atoms with E-state index in [1.165, 1.54) is 12.0 Å². The number of nitrogens with zero attached hydrogens (tertiary/aromatic N) is 2. The molecule has 122 valence electrons. The van der Waals surface area contributed by atoms with Crippen LogP contribution < -0.4 is 4.74 Å². The van der Waals surface area contributed by atoms with Crippen molar-refractivity contribution in [1.82, 2.24) is 9.80 Å². The van der Waals surface area contributed by atoms with Crippen molar-refractivity contribution in [1.29, 1.82) is 0 Å². The van der Waals surface area contributed by atoms with Crippen molar-refractivity contribution in [2.45, 2.75) is 39.7 Å². The Hall–Kier alpha value is -1.55. The normalized spacial score (nSPS) is 17.3. The molecule has 1 aromatic rings. The van der Waals surface area contributed by atoms with Crippen molar-refractivity contribution in [3.05, 3.63) is 29.8 Å². The van der Waals surface area contributed by atoms with Gasteiger partial charge in [-0.05, 0) is 38.4 Å². The number of ether oxygens (including phenoxy) is 1. The molecule has 22 heavy (non-hydrogen) atoms. The lowest BCUT2D eigenvalue weighted by atomic mass is 10.2.